The van der Waals surface area contributed by atoms with E-state index in [1.807, 2.05) is 37.1 Å². The van der Waals surface area contributed by atoms with Crippen LogP contribution < -0.4 is 0 Å². The van der Waals surface area contributed by atoms with Gasteiger partial charge in [-0.25, -0.2) is 0 Å². The molecule has 0 unspecified atom stereocenters. The van der Waals surface area contributed by atoms with E-state index in [4.69, 9.17) is 0 Å². The Kier molecular flexibility index (Phi) is 4.36. The Hall–Kier alpha value is -0.830. The second-order valence-corrected chi connectivity index (χ2v) is 5.80. The molecule has 1 aromatic rings. The zero-order valence-electron chi connectivity index (χ0n) is 11.2. The van der Waals surface area contributed by atoms with Gasteiger partial charge in [0.15, 0.2) is 0 Å². The number of hydrogen-bond acceptors (Lipinski definition) is 1. The minimum atomic E-state index is -0.119. The summed E-state index contributed by atoms with van der Waals surface area (Å²) in [4.78, 5) is 14.2. The molecule has 0 aromatic heterocycles. The number of rotatable bonds is 3. The molecule has 0 bridgehead atoms. The highest BCUT2D eigenvalue weighted by atomic mass is 79.9. The molecule has 3 heteroatoms. The summed E-state index contributed by atoms with van der Waals surface area (Å²) < 4.78 is 0.978. The molecule has 1 amide bonds. The quantitative estimate of drug-likeness (QED) is 0.825. The zero-order chi connectivity index (χ0) is 13.2. The number of nitrogens with zero attached hydrogens (tertiary/aromatic N) is 1. The third kappa shape index (κ3) is 2.89. The van der Waals surface area contributed by atoms with Crippen molar-refractivity contribution >= 4 is 21.8 Å². The standard InChI is InChI=1S/C14H20BrNO/c1-6-14(3,4)16(5)13(17)11-8-7-9-12(15)10(11)2/h7-9H,6H2,1-5H3. The molecule has 0 aliphatic heterocycles. The molecule has 0 heterocycles. The van der Waals surface area contributed by atoms with Crippen molar-refractivity contribution in [3.63, 3.8) is 0 Å². The average Bonchev–Trinajstić information content (AvgIpc) is 2.30. The van der Waals surface area contributed by atoms with Gasteiger partial charge in [-0.05, 0) is 44.9 Å². The van der Waals surface area contributed by atoms with Crippen molar-refractivity contribution < 1.29 is 4.79 Å². The van der Waals surface area contributed by atoms with Crippen molar-refractivity contribution in [3.05, 3.63) is 33.8 Å². The lowest BCUT2D eigenvalue weighted by molar-refractivity contribution is 0.0619. The first kappa shape index (κ1) is 14.2. The smallest absolute Gasteiger partial charge is 0.254 e. The van der Waals surface area contributed by atoms with E-state index < -0.39 is 0 Å². The van der Waals surface area contributed by atoms with Crippen molar-refractivity contribution in [1.29, 1.82) is 0 Å². The third-order valence-electron chi connectivity index (χ3n) is 3.58. The summed E-state index contributed by atoms with van der Waals surface area (Å²) in [6.07, 6.45) is 0.933. The van der Waals surface area contributed by atoms with Crippen molar-refractivity contribution in [3.8, 4) is 0 Å². The van der Waals surface area contributed by atoms with Crippen LogP contribution in [0.5, 0.6) is 0 Å². The van der Waals surface area contributed by atoms with Crippen LogP contribution in [-0.4, -0.2) is 23.4 Å². The molecule has 0 fully saturated rings. The second kappa shape index (κ2) is 5.21. The third-order valence-corrected chi connectivity index (χ3v) is 4.44. The molecule has 1 rings (SSSR count). The molecule has 0 atom stereocenters. The maximum absolute atomic E-state index is 12.4. The lowest BCUT2D eigenvalue weighted by Crippen LogP contribution is -2.44. The maximum Gasteiger partial charge on any atom is 0.254 e. The van der Waals surface area contributed by atoms with Gasteiger partial charge in [0.25, 0.3) is 5.91 Å². The Morgan fingerprint density at radius 1 is 1.41 bits per heavy atom. The number of carbonyl (C=O) groups is 1. The molecule has 2 nitrogen and oxygen atoms in total. The molecule has 0 spiro atoms. The van der Waals surface area contributed by atoms with E-state index in [2.05, 4.69) is 36.7 Å². The molecule has 0 aliphatic rings. The SMILES string of the molecule is CCC(C)(C)N(C)C(=O)c1cccc(Br)c1C. The largest absolute Gasteiger partial charge is 0.337 e. The van der Waals surface area contributed by atoms with Crippen molar-refractivity contribution in [2.75, 3.05) is 7.05 Å². The van der Waals surface area contributed by atoms with Crippen molar-refractivity contribution in [1.82, 2.24) is 4.90 Å². The predicted molar refractivity (Wildman–Crippen MR) is 75.3 cm³/mol. The van der Waals surface area contributed by atoms with Crippen molar-refractivity contribution in [2.45, 2.75) is 39.7 Å². The van der Waals surface area contributed by atoms with Gasteiger partial charge in [0.1, 0.15) is 0 Å². The summed E-state index contributed by atoms with van der Waals surface area (Å²) in [5.74, 6) is 0.0793. The van der Waals surface area contributed by atoms with Crippen LogP contribution in [0, 0.1) is 6.92 Å². The monoisotopic (exact) mass is 297 g/mol. The molecule has 1 aromatic carbocycles. The number of benzene rings is 1. The number of halogens is 1. The van der Waals surface area contributed by atoms with Gasteiger partial charge in [0.2, 0.25) is 0 Å². The maximum atomic E-state index is 12.4. The van der Waals surface area contributed by atoms with Gasteiger partial charge in [-0.15, -0.1) is 0 Å². The van der Waals surface area contributed by atoms with Crippen molar-refractivity contribution in [2.24, 2.45) is 0 Å². The molecule has 0 N–H and O–H groups in total. The number of carbonyl (C=O) groups excluding carboxylic acids is 1. The second-order valence-electron chi connectivity index (χ2n) is 4.94. The van der Waals surface area contributed by atoms with Gasteiger partial charge in [0, 0.05) is 22.6 Å². The van der Waals surface area contributed by atoms with Crippen LogP contribution in [0.2, 0.25) is 0 Å². The van der Waals surface area contributed by atoms with E-state index in [1.54, 1.807) is 0 Å². The molecule has 0 radical (unpaired) electrons. The summed E-state index contributed by atoms with van der Waals surface area (Å²) in [5.41, 5.74) is 1.64. The fraction of sp³-hybridized carbons (Fsp3) is 0.500. The first-order valence-electron chi connectivity index (χ1n) is 5.84. The van der Waals surface area contributed by atoms with Gasteiger partial charge in [-0.3, -0.25) is 4.79 Å². The summed E-state index contributed by atoms with van der Waals surface area (Å²) >= 11 is 3.46. The molecule has 0 saturated carbocycles. The average molecular weight is 298 g/mol. The minimum Gasteiger partial charge on any atom is -0.337 e. The number of amides is 1. The fourth-order valence-electron chi connectivity index (χ4n) is 1.53. The Morgan fingerprint density at radius 3 is 2.53 bits per heavy atom. The summed E-state index contributed by atoms with van der Waals surface area (Å²) in [6, 6.07) is 5.73. The topological polar surface area (TPSA) is 20.3 Å². The van der Waals surface area contributed by atoms with Gasteiger partial charge < -0.3 is 4.90 Å². The molecule has 17 heavy (non-hydrogen) atoms. The summed E-state index contributed by atoms with van der Waals surface area (Å²) in [7, 11) is 1.87. The van der Waals surface area contributed by atoms with Crippen LogP contribution in [-0.2, 0) is 0 Å². The van der Waals surface area contributed by atoms with E-state index in [0.717, 1.165) is 22.0 Å². The Balaban J connectivity index is 3.09. The Morgan fingerprint density at radius 2 is 2.00 bits per heavy atom. The van der Waals surface area contributed by atoms with E-state index in [1.165, 1.54) is 0 Å². The lowest BCUT2D eigenvalue weighted by atomic mass is 9.98. The molecule has 94 valence electrons. The van der Waals surface area contributed by atoms with Gasteiger partial charge in [0.05, 0.1) is 0 Å². The Labute approximate surface area is 112 Å². The molecular formula is C14H20BrNO. The molecule has 0 aliphatic carbocycles. The van der Waals surface area contributed by atoms with Crippen LogP contribution in [0.4, 0.5) is 0 Å². The number of hydrogen-bond donors (Lipinski definition) is 0. The molecule has 0 saturated heterocycles. The lowest BCUT2D eigenvalue weighted by Gasteiger charge is -2.35. The Bertz CT molecular complexity index is 426. The first-order valence-corrected chi connectivity index (χ1v) is 6.64. The highest BCUT2D eigenvalue weighted by Crippen LogP contribution is 2.24. The van der Waals surface area contributed by atoms with E-state index in [9.17, 15) is 4.79 Å². The minimum absolute atomic E-state index is 0.0793. The van der Waals surface area contributed by atoms with E-state index in [0.29, 0.717) is 0 Å². The van der Waals surface area contributed by atoms with Crippen LogP contribution in [0.15, 0.2) is 22.7 Å². The fourth-order valence-corrected chi connectivity index (χ4v) is 1.90. The summed E-state index contributed by atoms with van der Waals surface area (Å²) in [6.45, 7) is 8.22. The first-order chi connectivity index (χ1) is 7.81. The van der Waals surface area contributed by atoms with Gasteiger partial charge in [-0.1, -0.05) is 28.9 Å². The van der Waals surface area contributed by atoms with E-state index in [-0.39, 0.29) is 11.4 Å². The van der Waals surface area contributed by atoms with Crippen LogP contribution in [0.3, 0.4) is 0 Å². The predicted octanol–water partition coefficient (Wildman–Crippen LogP) is 4.02. The highest BCUT2D eigenvalue weighted by molar-refractivity contribution is 9.10. The van der Waals surface area contributed by atoms with Gasteiger partial charge >= 0.3 is 0 Å². The zero-order valence-corrected chi connectivity index (χ0v) is 12.8. The van der Waals surface area contributed by atoms with Gasteiger partial charge in [-0.2, -0.15) is 0 Å². The van der Waals surface area contributed by atoms with Crippen LogP contribution in [0.25, 0.3) is 0 Å². The normalized spacial score (nSPS) is 11.4. The molecular weight excluding hydrogens is 278 g/mol. The van der Waals surface area contributed by atoms with Crippen LogP contribution in [0.1, 0.15) is 43.1 Å². The van der Waals surface area contributed by atoms with Crippen LogP contribution >= 0.6 is 15.9 Å². The van der Waals surface area contributed by atoms with E-state index >= 15 is 0 Å². The summed E-state index contributed by atoms with van der Waals surface area (Å²) in [5, 5.41) is 0. The highest BCUT2D eigenvalue weighted by Gasteiger charge is 2.27.